The van der Waals surface area contributed by atoms with Gasteiger partial charge in [-0.25, -0.2) is 0 Å². The van der Waals surface area contributed by atoms with E-state index in [4.69, 9.17) is 5.73 Å². The summed E-state index contributed by atoms with van der Waals surface area (Å²) < 4.78 is 0. The standard InChI is InChI=1S/C8H18N2/c1-6-4-7(6)10-5-8(2,3)9/h6-7,10H,4-5,9H2,1-3H3. The van der Waals surface area contributed by atoms with Crippen molar-refractivity contribution in [3.8, 4) is 0 Å². The van der Waals surface area contributed by atoms with Crippen LogP contribution in [0.3, 0.4) is 0 Å². The van der Waals surface area contributed by atoms with Crippen LogP contribution in [0.1, 0.15) is 27.2 Å². The Morgan fingerprint density at radius 2 is 2.10 bits per heavy atom. The molecule has 0 spiro atoms. The SMILES string of the molecule is CC1CC1NCC(C)(C)N. The van der Waals surface area contributed by atoms with Crippen molar-refractivity contribution in [1.29, 1.82) is 0 Å². The minimum atomic E-state index is -0.0533. The van der Waals surface area contributed by atoms with Crippen molar-refractivity contribution in [2.24, 2.45) is 11.7 Å². The molecular weight excluding hydrogens is 124 g/mol. The Balaban J connectivity index is 2.06. The third kappa shape index (κ3) is 2.67. The zero-order valence-electron chi connectivity index (χ0n) is 7.15. The van der Waals surface area contributed by atoms with Crippen molar-refractivity contribution in [3.05, 3.63) is 0 Å². The van der Waals surface area contributed by atoms with E-state index in [1.807, 2.05) is 13.8 Å². The number of nitrogens with one attached hydrogen (secondary N) is 1. The molecule has 0 aromatic carbocycles. The zero-order chi connectivity index (χ0) is 7.78. The zero-order valence-corrected chi connectivity index (χ0v) is 7.15. The van der Waals surface area contributed by atoms with Gasteiger partial charge in [0.15, 0.2) is 0 Å². The van der Waals surface area contributed by atoms with Crippen LogP contribution in [-0.4, -0.2) is 18.1 Å². The average Bonchev–Trinajstić information content (AvgIpc) is 2.40. The fraction of sp³-hybridized carbons (Fsp3) is 1.00. The van der Waals surface area contributed by atoms with Gasteiger partial charge in [0.2, 0.25) is 0 Å². The van der Waals surface area contributed by atoms with Gasteiger partial charge < -0.3 is 11.1 Å². The summed E-state index contributed by atoms with van der Waals surface area (Å²) in [5.41, 5.74) is 5.74. The maximum atomic E-state index is 5.79. The predicted octanol–water partition coefficient (Wildman–Crippen LogP) is 0.722. The highest BCUT2D eigenvalue weighted by Crippen LogP contribution is 2.28. The lowest BCUT2D eigenvalue weighted by atomic mass is 10.1. The monoisotopic (exact) mass is 142 g/mol. The normalized spacial score (nSPS) is 32.4. The molecule has 1 saturated carbocycles. The van der Waals surface area contributed by atoms with Crippen LogP contribution >= 0.6 is 0 Å². The summed E-state index contributed by atoms with van der Waals surface area (Å²) in [5.74, 6) is 0.877. The molecule has 2 nitrogen and oxygen atoms in total. The summed E-state index contributed by atoms with van der Waals surface area (Å²) in [6.45, 7) is 7.29. The maximum absolute atomic E-state index is 5.79. The minimum absolute atomic E-state index is 0.0533. The molecule has 3 N–H and O–H groups in total. The van der Waals surface area contributed by atoms with Crippen molar-refractivity contribution in [1.82, 2.24) is 5.32 Å². The van der Waals surface area contributed by atoms with Crippen LogP contribution in [0.4, 0.5) is 0 Å². The van der Waals surface area contributed by atoms with Crippen LogP contribution in [0.15, 0.2) is 0 Å². The highest BCUT2D eigenvalue weighted by atomic mass is 15.0. The summed E-state index contributed by atoms with van der Waals surface area (Å²) in [6, 6.07) is 0.753. The lowest BCUT2D eigenvalue weighted by Gasteiger charge is -2.18. The van der Waals surface area contributed by atoms with Crippen molar-refractivity contribution < 1.29 is 0 Å². The van der Waals surface area contributed by atoms with E-state index < -0.39 is 0 Å². The second kappa shape index (κ2) is 2.51. The fourth-order valence-electron chi connectivity index (χ4n) is 1.00. The van der Waals surface area contributed by atoms with Gasteiger partial charge in [0.1, 0.15) is 0 Å². The molecule has 1 rings (SSSR count). The molecule has 1 aliphatic rings. The average molecular weight is 142 g/mol. The van der Waals surface area contributed by atoms with E-state index in [0.29, 0.717) is 0 Å². The number of nitrogens with two attached hydrogens (primary N) is 1. The highest BCUT2D eigenvalue weighted by Gasteiger charge is 2.32. The van der Waals surface area contributed by atoms with Crippen molar-refractivity contribution in [2.45, 2.75) is 38.8 Å². The van der Waals surface area contributed by atoms with Crippen molar-refractivity contribution in [3.63, 3.8) is 0 Å². The summed E-state index contributed by atoms with van der Waals surface area (Å²) in [5, 5.41) is 3.42. The number of hydrogen-bond donors (Lipinski definition) is 2. The first-order valence-corrected chi connectivity index (χ1v) is 4.01. The van der Waals surface area contributed by atoms with E-state index in [9.17, 15) is 0 Å². The largest absolute Gasteiger partial charge is 0.324 e. The first kappa shape index (κ1) is 8.02. The van der Waals surface area contributed by atoms with Crippen LogP contribution in [0, 0.1) is 5.92 Å². The molecule has 1 aliphatic carbocycles. The molecule has 1 fully saturated rings. The van der Waals surface area contributed by atoms with Crippen molar-refractivity contribution >= 4 is 0 Å². The molecule has 0 amide bonds. The summed E-state index contributed by atoms with van der Waals surface area (Å²) in [7, 11) is 0. The molecule has 60 valence electrons. The van der Waals surface area contributed by atoms with Crippen LogP contribution in [0.5, 0.6) is 0 Å². The van der Waals surface area contributed by atoms with Gasteiger partial charge in [-0.15, -0.1) is 0 Å². The van der Waals surface area contributed by atoms with Gasteiger partial charge in [-0.1, -0.05) is 6.92 Å². The van der Waals surface area contributed by atoms with Gasteiger partial charge in [0, 0.05) is 18.1 Å². The molecule has 0 heterocycles. The van der Waals surface area contributed by atoms with Gasteiger partial charge in [0.25, 0.3) is 0 Å². The Labute approximate surface area is 63.2 Å². The third-order valence-corrected chi connectivity index (χ3v) is 1.93. The maximum Gasteiger partial charge on any atom is 0.0223 e. The lowest BCUT2D eigenvalue weighted by Crippen LogP contribution is -2.44. The van der Waals surface area contributed by atoms with Crippen LogP contribution in [-0.2, 0) is 0 Å². The summed E-state index contributed by atoms with van der Waals surface area (Å²) in [4.78, 5) is 0. The Morgan fingerprint density at radius 3 is 2.40 bits per heavy atom. The molecule has 0 radical (unpaired) electrons. The second-order valence-electron chi connectivity index (χ2n) is 4.19. The third-order valence-electron chi connectivity index (χ3n) is 1.93. The molecule has 0 aliphatic heterocycles. The smallest absolute Gasteiger partial charge is 0.0223 e. The Bertz CT molecular complexity index is 115. The van der Waals surface area contributed by atoms with Gasteiger partial charge in [0.05, 0.1) is 0 Å². The van der Waals surface area contributed by atoms with Gasteiger partial charge in [-0.3, -0.25) is 0 Å². The Kier molecular flexibility index (Phi) is 2.02. The van der Waals surface area contributed by atoms with E-state index in [1.165, 1.54) is 6.42 Å². The Hall–Kier alpha value is -0.0800. The predicted molar refractivity (Wildman–Crippen MR) is 43.8 cm³/mol. The van der Waals surface area contributed by atoms with Crippen molar-refractivity contribution in [2.75, 3.05) is 6.54 Å². The van der Waals surface area contributed by atoms with E-state index in [-0.39, 0.29) is 5.54 Å². The van der Waals surface area contributed by atoms with E-state index in [0.717, 1.165) is 18.5 Å². The Morgan fingerprint density at radius 1 is 1.60 bits per heavy atom. The topological polar surface area (TPSA) is 38.0 Å². The molecule has 0 bridgehead atoms. The second-order valence-corrected chi connectivity index (χ2v) is 4.19. The quantitative estimate of drug-likeness (QED) is 0.609. The molecule has 2 atom stereocenters. The summed E-state index contributed by atoms with van der Waals surface area (Å²) >= 11 is 0. The van der Waals surface area contributed by atoms with E-state index in [1.54, 1.807) is 0 Å². The first-order valence-electron chi connectivity index (χ1n) is 4.01. The molecule has 2 unspecified atom stereocenters. The van der Waals surface area contributed by atoms with Crippen LogP contribution < -0.4 is 11.1 Å². The lowest BCUT2D eigenvalue weighted by molar-refractivity contribution is 0.459. The van der Waals surface area contributed by atoms with Gasteiger partial charge in [-0.2, -0.15) is 0 Å². The fourth-order valence-corrected chi connectivity index (χ4v) is 1.00. The molecule has 2 heteroatoms. The molecular formula is C8H18N2. The molecule has 0 saturated heterocycles. The number of hydrogen-bond acceptors (Lipinski definition) is 2. The minimum Gasteiger partial charge on any atom is -0.324 e. The molecule has 0 aromatic heterocycles. The van der Waals surface area contributed by atoms with Crippen LogP contribution in [0.25, 0.3) is 0 Å². The molecule has 10 heavy (non-hydrogen) atoms. The highest BCUT2D eigenvalue weighted by molar-refractivity contribution is 4.91. The van der Waals surface area contributed by atoms with E-state index >= 15 is 0 Å². The summed E-state index contributed by atoms with van der Waals surface area (Å²) in [6.07, 6.45) is 1.33. The van der Waals surface area contributed by atoms with E-state index in [2.05, 4.69) is 12.2 Å². The molecule has 0 aromatic rings. The van der Waals surface area contributed by atoms with Gasteiger partial charge in [-0.05, 0) is 26.2 Å². The number of rotatable bonds is 3. The van der Waals surface area contributed by atoms with Crippen LogP contribution in [0.2, 0.25) is 0 Å². The first-order chi connectivity index (χ1) is 4.49. The van der Waals surface area contributed by atoms with Gasteiger partial charge >= 0.3 is 0 Å².